The number of amides is 1. The van der Waals surface area contributed by atoms with Crippen LogP contribution in [0.15, 0.2) is 21.9 Å². The molecule has 0 bridgehead atoms. The summed E-state index contributed by atoms with van der Waals surface area (Å²) in [4.78, 5) is 36.6. The van der Waals surface area contributed by atoms with Gasteiger partial charge in [0, 0.05) is 24.0 Å². The Hall–Kier alpha value is -2.11. The minimum atomic E-state index is -0.641. The van der Waals surface area contributed by atoms with Gasteiger partial charge in [0.25, 0.3) is 5.56 Å². The van der Waals surface area contributed by atoms with Gasteiger partial charge in [0.1, 0.15) is 0 Å². The van der Waals surface area contributed by atoms with Crippen LogP contribution in [0.5, 0.6) is 0 Å². The lowest BCUT2D eigenvalue weighted by atomic mass is 10.2. The Morgan fingerprint density at radius 3 is 2.55 bits per heavy atom. The highest BCUT2D eigenvalue weighted by atomic mass is 16.2. The summed E-state index contributed by atoms with van der Waals surface area (Å²) in [7, 11) is 0. The number of aromatic nitrogens is 2. The molecule has 6 nitrogen and oxygen atoms in total. The normalized spacial score (nSPS) is 11.5. The van der Waals surface area contributed by atoms with Crippen LogP contribution in [0, 0.1) is 6.92 Å². The fourth-order valence-electron chi connectivity index (χ4n) is 2.09. The average Bonchev–Trinajstić information content (AvgIpc) is 2.50. The number of nitrogens with zero attached hydrogens (tertiary/aromatic N) is 2. The lowest BCUT2D eigenvalue weighted by molar-refractivity contribution is 0.240. The Labute approximate surface area is 130 Å². The molecule has 0 unspecified atom stereocenters. The molecule has 1 N–H and O–H groups in total. The number of carbonyl (C=O) groups is 1. The zero-order valence-electron chi connectivity index (χ0n) is 13.8. The van der Waals surface area contributed by atoms with Gasteiger partial charge in [0.05, 0.1) is 0 Å². The van der Waals surface area contributed by atoms with E-state index in [9.17, 15) is 14.4 Å². The smallest absolute Gasteiger partial charge is 0.337 e. The maximum absolute atomic E-state index is 12.3. The third-order valence-electron chi connectivity index (χ3n) is 3.56. The topological polar surface area (TPSA) is 73.1 Å². The largest absolute Gasteiger partial charge is 0.343 e. The molecule has 0 saturated carbocycles. The minimum absolute atomic E-state index is 0.349. The van der Waals surface area contributed by atoms with Gasteiger partial charge in [-0.2, -0.15) is 0 Å². The molecule has 0 aliphatic heterocycles. The first kappa shape index (κ1) is 17.9. The second-order valence-corrected chi connectivity index (χ2v) is 5.33. The van der Waals surface area contributed by atoms with E-state index in [0.29, 0.717) is 17.8 Å². The maximum Gasteiger partial charge on any atom is 0.343 e. The molecule has 0 saturated heterocycles. The van der Waals surface area contributed by atoms with Crippen molar-refractivity contribution in [1.29, 1.82) is 0 Å². The van der Waals surface area contributed by atoms with E-state index < -0.39 is 17.3 Å². The Bertz CT molecular complexity index is 668. The summed E-state index contributed by atoms with van der Waals surface area (Å²) in [5, 5.41) is 2.72. The Morgan fingerprint density at radius 1 is 1.27 bits per heavy atom. The molecule has 0 spiro atoms. The highest BCUT2D eigenvalue weighted by molar-refractivity contribution is 5.76. The monoisotopic (exact) mass is 307 g/mol. The molecule has 0 atom stereocenters. The van der Waals surface area contributed by atoms with Gasteiger partial charge >= 0.3 is 11.7 Å². The molecule has 0 aromatic carbocycles. The van der Waals surface area contributed by atoms with E-state index in [2.05, 4.69) is 12.2 Å². The van der Waals surface area contributed by atoms with E-state index in [4.69, 9.17) is 0 Å². The average molecular weight is 307 g/mol. The van der Waals surface area contributed by atoms with Crippen LogP contribution in [0.3, 0.4) is 0 Å². The number of hydrogen-bond donors (Lipinski definition) is 1. The lowest BCUT2D eigenvalue weighted by Gasteiger charge is -2.11. The molecule has 1 heterocycles. The van der Waals surface area contributed by atoms with E-state index in [1.165, 1.54) is 6.20 Å². The number of nitrogens with one attached hydrogen (secondary N) is 1. The third kappa shape index (κ3) is 4.19. The number of carbonyl (C=O) groups excluding carboxylic acids is 1. The predicted molar refractivity (Wildman–Crippen MR) is 88.3 cm³/mol. The molecule has 1 aromatic rings. The third-order valence-corrected chi connectivity index (χ3v) is 3.56. The number of allylic oxidation sites excluding steroid dienone is 2. The first-order valence-corrected chi connectivity index (χ1v) is 7.70. The van der Waals surface area contributed by atoms with Crippen molar-refractivity contribution in [3.05, 3.63) is 38.7 Å². The lowest BCUT2D eigenvalue weighted by Crippen LogP contribution is -2.45. The molecule has 0 radical (unpaired) electrons. The molecule has 22 heavy (non-hydrogen) atoms. The van der Waals surface area contributed by atoms with Crippen molar-refractivity contribution < 1.29 is 4.79 Å². The van der Waals surface area contributed by atoms with E-state index >= 15 is 0 Å². The second kappa shape index (κ2) is 8.36. The molecule has 1 rings (SSSR count). The zero-order chi connectivity index (χ0) is 16.7. The summed E-state index contributed by atoms with van der Waals surface area (Å²) >= 11 is 0. The zero-order valence-corrected chi connectivity index (χ0v) is 13.8. The van der Waals surface area contributed by atoms with Crippen molar-refractivity contribution in [3.8, 4) is 0 Å². The number of aryl methyl sites for hydroxylation is 1. The van der Waals surface area contributed by atoms with Crippen molar-refractivity contribution in [3.63, 3.8) is 0 Å². The molecule has 1 amide bonds. The van der Waals surface area contributed by atoms with E-state index in [1.807, 2.05) is 0 Å². The van der Waals surface area contributed by atoms with Crippen LogP contribution >= 0.6 is 0 Å². The van der Waals surface area contributed by atoms with Gasteiger partial charge in [-0.1, -0.05) is 32.3 Å². The van der Waals surface area contributed by atoms with E-state index in [1.54, 1.807) is 26.8 Å². The first-order valence-electron chi connectivity index (χ1n) is 7.70. The van der Waals surface area contributed by atoms with Crippen molar-refractivity contribution in [2.45, 2.75) is 53.4 Å². The van der Waals surface area contributed by atoms with Gasteiger partial charge in [0.15, 0.2) is 0 Å². The van der Waals surface area contributed by atoms with Crippen LogP contribution in [0.2, 0.25) is 0 Å². The highest BCUT2D eigenvalue weighted by Gasteiger charge is 2.14. The number of rotatable bonds is 6. The van der Waals surface area contributed by atoms with Gasteiger partial charge in [-0.05, 0) is 27.2 Å². The minimum Gasteiger partial charge on any atom is -0.337 e. The molecule has 122 valence electrons. The van der Waals surface area contributed by atoms with Crippen LogP contribution in [-0.2, 0) is 0 Å². The molecular formula is C16H25N3O3. The maximum atomic E-state index is 12.3. The van der Waals surface area contributed by atoms with Gasteiger partial charge in [-0.25, -0.2) is 18.7 Å². The summed E-state index contributed by atoms with van der Waals surface area (Å²) in [6.45, 7) is 7.63. The standard InChI is InChI=1S/C16H25N3O3/c1-5-7-8-9-10-17-15(21)18-11-12(3)14(20)19(16(18)22)13(4)6-2/h6,11H,5,7-10H2,1-4H3,(H,17,21). The van der Waals surface area contributed by atoms with Crippen LogP contribution in [0.25, 0.3) is 5.70 Å². The number of hydrogen-bond acceptors (Lipinski definition) is 3. The van der Waals surface area contributed by atoms with Gasteiger partial charge in [0.2, 0.25) is 0 Å². The van der Waals surface area contributed by atoms with E-state index in [0.717, 1.165) is 34.8 Å². The summed E-state index contributed by atoms with van der Waals surface area (Å²) < 4.78 is 1.98. The molecule has 0 fully saturated rings. The van der Waals surface area contributed by atoms with Crippen LogP contribution in [-0.4, -0.2) is 21.7 Å². The summed E-state index contributed by atoms with van der Waals surface area (Å²) in [5.41, 5.74) is -0.185. The highest BCUT2D eigenvalue weighted by Crippen LogP contribution is 1.98. The molecule has 1 aromatic heterocycles. The molecule has 0 aliphatic rings. The summed E-state index contributed by atoms with van der Waals surface area (Å²) in [6, 6.07) is -0.498. The fraction of sp³-hybridized carbons (Fsp3) is 0.562. The molecule has 0 aliphatic carbocycles. The van der Waals surface area contributed by atoms with Crippen molar-refractivity contribution in [2.75, 3.05) is 6.54 Å². The molecule has 6 heteroatoms. The molecular weight excluding hydrogens is 282 g/mol. The first-order chi connectivity index (χ1) is 10.4. The summed E-state index contributed by atoms with van der Waals surface area (Å²) in [6.07, 6.45) is 7.13. The van der Waals surface area contributed by atoms with Crippen LogP contribution in [0.1, 0.15) is 52.0 Å². The van der Waals surface area contributed by atoms with E-state index in [-0.39, 0.29) is 0 Å². The van der Waals surface area contributed by atoms with Gasteiger partial charge < -0.3 is 5.32 Å². The van der Waals surface area contributed by atoms with Crippen LogP contribution < -0.4 is 16.6 Å². The Balaban J connectivity index is 3.01. The van der Waals surface area contributed by atoms with Crippen molar-refractivity contribution in [1.82, 2.24) is 14.5 Å². The predicted octanol–water partition coefficient (Wildman–Crippen LogP) is 2.34. The number of unbranched alkanes of at least 4 members (excludes halogenated alkanes) is 3. The van der Waals surface area contributed by atoms with Gasteiger partial charge in [-0.3, -0.25) is 4.79 Å². The quantitative estimate of drug-likeness (QED) is 0.820. The van der Waals surface area contributed by atoms with Gasteiger partial charge in [-0.15, -0.1) is 0 Å². The van der Waals surface area contributed by atoms with Crippen molar-refractivity contribution >= 4 is 11.7 Å². The fourth-order valence-corrected chi connectivity index (χ4v) is 2.09. The Morgan fingerprint density at radius 2 is 1.95 bits per heavy atom. The summed E-state index contributed by atoms with van der Waals surface area (Å²) in [5.74, 6) is 0. The second-order valence-electron chi connectivity index (χ2n) is 5.33. The van der Waals surface area contributed by atoms with Crippen LogP contribution in [0.4, 0.5) is 4.79 Å². The Kier molecular flexibility index (Phi) is 6.82. The van der Waals surface area contributed by atoms with Crippen molar-refractivity contribution in [2.24, 2.45) is 0 Å². The SMILES string of the molecule is CC=C(C)n1c(=O)c(C)cn(C(=O)NCCCCCC)c1=O.